The van der Waals surface area contributed by atoms with Crippen molar-refractivity contribution in [3.63, 3.8) is 0 Å². The maximum absolute atomic E-state index is 11.8. The van der Waals surface area contributed by atoms with Crippen molar-refractivity contribution in [2.75, 3.05) is 11.1 Å². The number of nitrogens with zero attached hydrogens (tertiary/aromatic N) is 2. The lowest BCUT2D eigenvalue weighted by Gasteiger charge is -2.06. The molecule has 0 spiro atoms. The molecule has 1 amide bonds. The minimum Gasteiger partial charge on any atom is -0.478 e. The molecule has 2 rings (SSSR count). The number of amides is 1. The Balaban J connectivity index is 1.93. The van der Waals surface area contributed by atoms with E-state index in [1.54, 1.807) is 24.5 Å². The quantitative estimate of drug-likeness (QED) is 0.821. The highest BCUT2D eigenvalue weighted by Crippen LogP contribution is 2.16. The molecule has 0 aliphatic rings. The first kappa shape index (κ1) is 14.1. The Bertz CT molecular complexity index is 639. The van der Waals surface area contributed by atoms with Crippen molar-refractivity contribution in [2.45, 2.75) is 5.16 Å². The predicted molar refractivity (Wildman–Crippen MR) is 76.0 cm³/mol. The van der Waals surface area contributed by atoms with Gasteiger partial charge in [0.1, 0.15) is 0 Å². The summed E-state index contributed by atoms with van der Waals surface area (Å²) in [5.41, 5.74) is 0.606. The van der Waals surface area contributed by atoms with E-state index in [1.807, 2.05) is 11.6 Å². The third-order valence-electron chi connectivity index (χ3n) is 2.50. The lowest BCUT2D eigenvalue weighted by Crippen LogP contribution is -2.14. The summed E-state index contributed by atoms with van der Waals surface area (Å²) in [6.07, 6.45) is 3.47. The molecular weight excluding hydrogens is 278 g/mol. The van der Waals surface area contributed by atoms with Crippen LogP contribution >= 0.6 is 11.8 Å². The van der Waals surface area contributed by atoms with Gasteiger partial charge in [0.05, 0.1) is 11.3 Å². The minimum absolute atomic E-state index is 0.138. The highest BCUT2D eigenvalue weighted by atomic mass is 32.2. The van der Waals surface area contributed by atoms with Crippen molar-refractivity contribution in [1.82, 2.24) is 9.55 Å². The maximum Gasteiger partial charge on any atom is 0.335 e. The first-order valence-electron chi connectivity index (χ1n) is 5.79. The summed E-state index contributed by atoms with van der Waals surface area (Å²) in [4.78, 5) is 26.7. The number of rotatable bonds is 5. The number of carboxylic acid groups (broad SMARTS) is 1. The Hall–Kier alpha value is -2.28. The van der Waals surface area contributed by atoms with Crippen molar-refractivity contribution < 1.29 is 14.7 Å². The molecule has 0 fully saturated rings. The molecule has 0 aliphatic carbocycles. The van der Waals surface area contributed by atoms with Crippen LogP contribution in [-0.2, 0) is 11.8 Å². The summed E-state index contributed by atoms with van der Waals surface area (Å²) in [6, 6.07) is 6.13. The normalized spacial score (nSPS) is 10.2. The van der Waals surface area contributed by atoms with Gasteiger partial charge in [0, 0.05) is 25.1 Å². The van der Waals surface area contributed by atoms with Crippen molar-refractivity contribution in [3.05, 3.63) is 42.2 Å². The summed E-state index contributed by atoms with van der Waals surface area (Å²) in [7, 11) is 1.85. The standard InChI is InChI=1S/C13H13N3O3S/c1-16-6-5-14-13(16)20-8-11(17)15-10-4-2-3-9(7-10)12(18)19/h2-7H,8H2,1H3,(H,15,17)(H,18,19). The molecule has 7 heteroatoms. The first-order chi connectivity index (χ1) is 9.56. The molecule has 1 heterocycles. The number of nitrogens with one attached hydrogen (secondary N) is 1. The van der Waals surface area contributed by atoms with Crippen LogP contribution in [0.3, 0.4) is 0 Å². The molecular formula is C13H13N3O3S. The Kier molecular flexibility index (Phi) is 4.41. The molecule has 0 saturated carbocycles. The van der Waals surface area contributed by atoms with Gasteiger partial charge in [-0.05, 0) is 18.2 Å². The first-order valence-corrected chi connectivity index (χ1v) is 6.78. The van der Waals surface area contributed by atoms with Gasteiger partial charge < -0.3 is 15.0 Å². The number of hydrogen-bond acceptors (Lipinski definition) is 4. The smallest absolute Gasteiger partial charge is 0.335 e. The zero-order valence-corrected chi connectivity index (χ0v) is 11.6. The van der Waals surface area contributed by atoms with E-state index >= 15 is 0 Å². The van der Waals surface area contributed by atoms with Gasteiger partial charge in [0.2, 0.25) is 5.91 Å². The number of anilines is 1. The highest BCUT2D eigenvalue weighted by Gasteiger charge is 2.08. The molecule has 0 aliphatic heterocycles. The van der Waals surface area contributed by atoms with Gasteiger partial charge in [-0.3, -0.25) is 4.79 Å². The van der Waals surface area contributed by atoms with E-state index in [-0.39, 0.29) is 17.2 Å². The van der Waals surface area contributed by atoms with E-state index in [2.05, 4.69) is 10.3 Å². The van der Waals surface area contributed by atoms with Crippen LogP contribution in [0.4, 0.5) is 5.69 Å². The average molecular weight is 291 g/mol. The van der Waals surface area contributed by atoms with Crippen LogP contribution in [0.15, 0.2) is 41.8 Å². The number of aromatic carboxylic acids is 1. The molecule has 1 aromatic carbocycles. The molecule has 0 saturated heterocycles. The molecule has 0 bridgehead atoms. The van der Waals surface area contributed by atoms with Crippen molar-refractivity contribution in [2.24, 2.45) is 7.05 Å². The van der Waals surface area contributed by atoms with Crippen molar-refractivity contribution in [3.8, 4) is 0 Å². The molecule has 1 aromatic heterocycles. The predicted octanol–water partition coefficient (Wildman–Crippen LogP) is 1.85. The van der Waals surface area contributed by atoms with Crippen molar-refractivity contribution in [1.29, 1.82) is 0 Å². The average Bonchev–Trinajstić information content (AvgIpc) is 2.82. The van der Waals surface area contributed by atoms with Gasteiger partial charge >= 0.3 is 5.97 Å². The summed E-state index contributed by atoms with van der Waals surface area (Å²) in [6.45, 7) is 0. The van der Waals surface area contributed by atoms with Crippen LogP contribution in [0.2, 0.25) is 0 Å². The second-order valence-corrected chi connectivity index (χ2v) is 4.99. The fraction of sp³-hybridized carbons (Fsp3) is 0.154. The van der Waals surface area contributed by atoms with Crippen LogP contribution in [0.25, 0.3) is 0 Å². The van der Waals surface area contributed by atoms with Gasteiger partial charge in [0.15, 0.2) is 5.16 Å². The molecule has 0 atom stereocenters. The SMILES string of the molecule is Cn1ccnc1SCC(=O)Nc1cccc(C(=O)O)c1. The number of carboxylic acids is 1. The van der Waals surface area contributed by atoms with E-state index in [9.17, 15) is 9.59 Å². The fourth-order valence-electron chi connectivity index (χ4n) is 1.55. The zero-order chi connectivity index (χ0) is 14.5. The topological polar surface area (TPSA) is 84.2 Å². The fourth-order valence-corrected chi connectivity index (χ4v) is 2.28. The molecule has 6 nitrogen and oxygen atoms in total. The molecule has 104 valence electrons. The van der Waals surface area contributed by atoms with E-state index in [0.29, 0.717) is 5.69 Å². The maximum atomic E-state index is 11.8. The van der Waals surface area contributed by atoms with Crippen LogP contribution in [0.1, 0.15) is 10.4 Å². The summed E-state index contributed by atoms with van der Waals surface area (Å²) in [5, 5.41) is 12.3. The van der Waals surface area contributed by atoms with E-state index in [1.165, 1.54) is 23.9 Å². The molecule has 2 N–H and O–H groups in total. The van der Waals surface area contributed by atoms with E-state index < -0.39 is 5.97 Å². The van der Waals surface area contributed by atoms with E-state index in [0.717, 1.165) is 5.16 Å². The minimum atomic E-state index is -1.02. The molecule has 2 aromatic rings. The third kappa shape index (κ3) is 3.61. The molecule has 0 unspecified atom stereocenters. The summed E-state index contributed by atoms with van der Waals surface area (Å²) < 4.78 is 1.82. The van der Waals surface area contributed by atoms with Gasteiger partial charge in [-0.25, -0.2) is 9.78 Å². The van der Waals surface area contributed by atoms with Gasteiger partial charge in [-0.15, -0.1) is 0 Å². The van der Waals surface area contributed by atoms with Crippen LogP contribution in [0.5, 0.6) is 0 Å². The Morgan fingerprint density at radius 1 is 1.45 bits per heavy atom. The third-order valence-corrected chi connectivity index (χ3v) is 3.56. The van der Waals surface area contributed by atoms with Crippen LogP contribution < -0.4 is 5.32 Å². The number of aromatic nitrogens is 2. The molecule has 0 radical (unpaired) electrons. The lowest BCUT2D eigenvalue weighted by atomic mass is 10.2. The number of benzene rings is 1. The Morgan fingerprint density at radius 3 is 2.90 bits per heavy atom. The summed E-state index contributed by atoms with van der Waals surface area (Å²) >= 11 is 1.32. The van der Waals surface area contributed by atoms with Crippen molar-refractivity contribution >= 4 is 29.3 Å². The number of carbonyl (C=O) groups excluding carboxylic acids is 1. The lowest BCUT2D eigenvalue weighted by molar-refractivity contribution is -0.113. The number of imidazole rings is 1. The monoisotopic (exact) mass is 291 g/mol. The summed E-state index contributed by atoms with van der Waals surface area (Å²) in [5.74, 6) is -1.02. The number of hydrogen-bond donors (Lipinski definition) is 2. The molecule has 20 heavy (non-hydrogen) atoms. The number of thioether (sulfide) groups is 1. The van der Waals surface area contributed by atoms with E-state index in [4.69, 9.17) is 5.11 Å². The van der Waals surface area contributed by atoms with Crippen LogP contribution in [-0.4, -0.2) is 32.3 Å². The van der Waals surface area contributed by atoms with Gasteiger partial charge in [-0.1, -0.05) is 17.8 Å². The highest BCUT2D eigenvalue weighted by molar-refractivity contribution is 7.99. The number of aryl methyl sites for hydroxylation is 1. The Morgan fingerprint density at radius 2 is 2.25 bits per heavy atom. The largest absolute Gasteiger partial charge is 0.478 e. The van der Waals surface area contributed by atoms with Crippen LogP contribution in [0, 0.1) is 0 Å². The number of carbonyl (C=O) groups is 2. The zero-order valence-electron chi connectivity index (χ0n) is 10.7. The second-order valence-electron chi connectivity index (χ2n) is 4.04. The second kappa shape index (κ2) is 6.25. The van der Waals surface area contributed by atoms with Gasteiger partial charge in [-0.2, -0.15) is 0 Å². The Labute approximate surface area is 119 Å². The van der Waals surface area contributed by atoms with Gasteiger partial charge in [0.25, 0.3) is 0 Å².